The first-order valence-electron chi connectivity index (χ1n) is 4.95. The number of carboxylic acids is 1. The van der Waals surface area contributed by atoms with Crippen LogP contribution in [-0.2, 0) is 6.61 Å². The Hall–Kier alpha value is -2.01. The van der Waals surface area contributed by atoms with Crippen molar-refractivity contribution in [1.82, 2.24) is 0 Å². The molecule has 0 spiro atoms. The second-order valence-electron chi connectivity index (χ2n) is 3.47. The van der Waals surface area contributed by atoms with Crippen molar-refractivity contribution >= 4 is 17.6 Å². The number of carboxylic acid groups (broad SMARTS) is 1. The molecule has 94 valence electrons. The van der Waals surface area contributed by atoms with Crippen LogP contribution in [0.25, 0.3) is 0 Å². The molecular weight excluding hydrogens is 263 g/mol. The molecule has 6 heteroatoms. The Morgan fingerprint density at radius 3 is 2.83 bits per heavy atom. The molecule has 0 unspecified atom stereocenters. The van der Waals surface area contributed by atoms with E-state index in [2.05, 4.69) is 0 Å². The average Bonchev–Trinajstić information content (AvgIpc) is 2.79. The third-order valence-corrected chi connectivity index (χ3v) is 2.46. The minimum Gasteiger partial charge on any atom is -0.486 e. The van der Waals surface area contributed by atoms with Gasteiger partial charge in [-0.3, -0.25) is 0 Å². The highest BCUT2D eigenvalue weighted by molar-refractivity contribution is 6.30. The van der Waals surface area contributed by atoms with Crippen LogP contribution in [0.1, 0.15) is 16.1 Å². The molecule has 0 fully saturated rings. The summed E-state index contributed by atoms with van der Waals surface area (Å²) in [5, 5.41) is 8.65. The number of furan rings is 1. The number of rotatable bonds is 4. The summed E-state index contributed by atoms with van der Waals surface area (Å²) in [5.41, 5.74) is 0.0470. The molecule has 0 radical (unpaired) electrons. The lowest BCUT2D eigenvalue weighted by molar-refractivity contribution is 0.0696. The first kappa shape index (κ1) is 12.4. The first-order chi connectivity index (χ1) is 8.56. The minimum absolute atomic E-state index is 0.0369. The van der Waals surface area contributed by atoms with Gasteiger partial charge in [0.1, 0.15) is 30.2 Å². The van der Waals surface area contributed by atoms with E-state index in [0.717, 1.165) is 6.26 Å². The molecule has 4 nitrogen and oxygen atoms in total. The number of carbonyl (C=O) groups is 1. The lowest BCUT2D eigenvalue weighted by atomic mass is 10.3. The minimum atomic E-state index is -1.07. The van der Waals surface area contributed by atoms with Gasteiger partial charge in [-0.1, -0.05) is 11.6 Å². The maximum atomic E-state index is 12.9. The van der Waals surface area contributed by atoms with E-state index in [-0.39, 0.29) is 17.2 Å². The highest BCUT2D eigenvalue weighted by Crippen LogP contribution is 2.22. The largest absolute Gasteiger partial charge is 0.486 e. The van der Waals surface area contributed by atoms with Crippen LogP contribution >= 0.6 is 11.6 Å². The predicted molar refractivity (Wildman–Crippen MR) is 61.4 cm³/mol. The zero-order valence-electron chi connectivity index (χ0n) is 9.02. The summed E-state index contributed by atoms with van der Waals surface area (Å²) in [6.07, 6.45) is 1.12. The van der Waals surface area contributed by atoms with E-state index in [0.29, 0.717) is 11.5 Å². The van der Waals surface area contributed by atoms with Crippen LogP contribution in [0.2, 0.25) is 5.02 Å². The van der Waals surface area contributed by atoms with Gasteiger partial charge >= 0.3 is 5.97 Å². The Morgan fingerprint density at radius 2 is 2.22 bits per heavy atom. The van der Waals surface area contributed by atoms with Crippen LogP contribution in [-0.4, -0.2) is 11.1 Å². The molecule has 0 amide bonds. The van der Waals surface area contributed by atoms with E-state index in [9.17, 15) is 9.18 Å². The van der Waals surface area contributed by atoms with E-state index in [1.165, 1.54) is 24.3 Å². The van der Waals surface area contributed by atoms with Crippen LogP contribution in [0.4, 0.5) is 4.39 Å². The monoisotopic (exact) mass is 270 g/mol. The SMILES string of the molecule is O=C(O)c1coc(COc2ccc(F)c(Cl)c2)c1. The molecule has 2 rings (SSSR count). The van der Waals surface area contributed by atoms with E-state index in [4.69, 9.17) is 25.9 Å². The standard InChI is InChI=1S/C12H8ClFO4/c13-10-4-8(1-2-11(10)14)18-6-9-3-7(5-17-9)12(15)16/h1-5H,6H2,(H,15,16). The van der Waals surface area contributed by atoms with Crippen LogP contribution in [0.5, 0.6) is 5.75 Å². The lowest BCUT2D eigenvalue weighted by Gasteiger charge is -2.04. The first-order valence-corrected chi connectivity index (χ1v) is 5.32. The maximum Gasteiger partial charge on any atom is 0.338 e. The zero-order chi connectivity index (χ0) is 13.1. The van der Waals surface area contributed by atoms with Crippen LogP contribution < -0.4 is 4.74 Å². The fourth-order valence-electron chi connectivity index (χ4n) is 1.29. The molecule has 18 heavy (non-hydrogen) atoms. The van der Waals surface area contributed by atoms with Crippen LogP contribution in [0, 0.1) is 5.82 Å². The maximum absolute atomic E-state index is 12.9. The summed E-state index contributed by atoms with van der Waals surface area (Å²) in [6, 6.07) is 5.29. The molecule has 0 saturated heterocycles. The summed E-state index contributed by atoms with van der Waals surface area (Å²) in [7, 11) is 0. The number of hydrogen-bond donors (Lipinski definition) is 1. The van der Waals surface area contributed by atoms with Gasteiger partial charge < -0.3 is 14.3 Å². The van der Waals surface area contributed by atoms with E-state index in [1.54, 1.807) is 0 Å². The molecule has 1 N–H and O–H groups in total. The fraction of sp³-hybridized carbons (Fsp3) is 0.0833. The number of aromatic carboxylic acids is 1. The van der Waals surface area contributed by atoms with Gasteiger partial charge in [0, 0.05) is 6.07 Å². The van der Waals surface area contributed by atoms with Gasteiger partial charge in [-0.25, -0.2) is 9.18 Å². The number of benzene rings is 1. The molecule has 0 bridgehead atoms. The lowest BCUT2D eigenvalue weighted by Crippen LogP contribution is -1.95. The molecule has 0 aliphatic heterocycles. The van der Waals surface area contributed by atoms with Crippen molar-refractivity contribution in [2.24, 2.45) is 0 Å². The number of ether oxygens (including phenoxy) is 1. The highest BCUT2D eigenvalue weighted by atomic mass is 35.5. The average molecular weight is 271 g/mol. The van der Waals surface area contributed by atoms with Crippen LogP contribution in [0.15, 0.2) is 34.9 Å². The molecule has 0 atom stereocenters. The third kappa shape index (κ3) is 2.81. The van der Waals surface area contributed by atoms with Gasteiger partial charge in [0.05, 0.1) is 10.6 Å². The smallest absolute Gasteiger partial charge is 0.338 e. The van der Waals surface area contributed by atoms with Gasteiger partial charge in [0.25, 0.3) is 0 Å². The van der Waals surface area contributed by atoms with E-state index >= 15 is 0 Å². The summed E-state index contributed by atoms with van der Waals surface area (Å²) >= 11 is 5.59. The normalized spacial score (nSPS) is 10.3. The molecule has 1 aromatic heterocycles. The number of hydrogen-bond acceptors (Lipinski definition) is 3. The summed E-state index contributed by atoms with van der Waals surface area (Å²) in [4.78, 5) is 10.6. The molecule has 1 aromatic carbocycles. The summed E-state index contributed by atoms with van der Waals surface area (Å²) in [6.45, 7) is 0.0369. The molecular formula is C12H8ClFO4. The van der Waals surface area contributed by atoms with Crippen molar-refractivity contribution in [2.75, 3.05) is 0 Å². The third-order valence-electron chi connectivity index (χ3n) is 2.17. The quantitative estimate of drug-likeness (QED) is 0.925. The summed E-state index contributed by atoms with van der Waals surface area (Å²) < 4.78 is 23.2. The Balaban J connectivity index is 2.02. The van der Waals surface area contributed by atoms with Gasteiger partial charge in [0.15, 0.2) is 0 Å². The Kier molecular flexibility index (Phi) is 3.53. The van der Waals surface area contributed by atoms with Gasteiger partial charge in [0.2, 0.25) is 0 Å². The molecule has 0 aliphatic carbocycles. The van der Waals surface area contributed by atoms with Crippen molar-refractivity contribution in [3.05, 3.63) is 52.7 Å². The van der Waals surface area contributed by atoms with Crippen molar-refractivity contribution in [2.45, 2.75) is 6.61 Å². The van der Waals surface area contributed by atoms with Crippen LogP contribution in [0.3, 0.4) is 0 Å². The van der Waals surface area contributed by atoms with Gasteiger partial charge in [-0.2, -0.15) is 0 Å². The van der Waals surface area contributed by atoms with Gasteiger partial charge in [-0.05, 0) is 18.2 Å². The second kappa shape index (κ2) is 5.10. The van der Waals surface area contributed by atoms with E-state index < -0.39 is 11.8 Å². The zero-order valence-corrected chi connectivity index (χ0v) is 9.78. The molecule has 2 aromatic rings. The predicted octanol–water partition coefficient (Wildman–Crippen LogP) is 3.35. The van der Waals surface area contributed by atoms with Gasteiger partial charge in [-0.15, -0.1) is 0 Å². The molecule has 1 heterocycles. The highest BCUT2D eigenvalue weighted by Gasteiger charge is 2.09. The molecule has 0 saturated carbocycles. The number of halogens is 2. The second-order valence-corrected chi connectivity index (χ2v) is 3.88. The molecule has 0 aliphatic rings. The van der Waals surface area contributed by atoms with E-state index in [1.807, 2.05) is 0 Å². The Bertz CT molecular complexity index is 579. The Labute approximate surface area is 107 Å². The topological polar surface area (TPSA) is 59.7 Å². The van der Waals surface area contributed by atoms with Crippen molar-refractivity contribution in [1.29, 1.82) is 0 Å². The van der Waals surface area contributed by atoms with Crippen molar-refractivity contribution in [3.63, 3.8) is 0 Å². The van der Waals surface area contributed by atoms with Crippen molar-refractivity contribution < 1.29 is 23.4 Å². The Morgan fingerprint density at radius 1 is 1.44 bits per heavy atom. The summed E-state index contributed by atoms with van der Waals surface area (Å²) in [5.74, 6) is -0.882. The van der Waals surface area contributed by atoms with Crippen molar-refractivity contribution in [3.8, 4) is 5.75 Å². The fourth-order valence-corrected chi connectivity index (χ4v) is 1.46.